The van der Waals surface area contributed by atoms with Crippen molar-refractivity contribution in [2.75, 3.05) is 0 Å². The van der Waals surface area contributed by atoms with Crippen molar-refractivity contribution in [1.29, 1.82) is 5.26 Å². The van der Waals surface area contributed by atoms with Crippen molar-refractivity contribution in [2.45, 2.75) is 19.1 Å². The first-order valence-corrected chi connectivity index (χ1v) is 10.8. The summed E-state index contributed by atoms with van der Waals surface area (Å²) in [5.41, 5.74) is 1.74. The number of aromatic nitrogens is 1. The first-order chi connectivity index (χ1) is 17.4. The fraction of sp³-hybridized carbons (Fsp3) is 0.130. The summed E-state index contributed by atoms with van der Waals surface area (Å²) < 4.78 is 52.3. The number of benzene rings is 2. The van der Waals surface area contributed by atoms with Gasteiger partial charge in [0.05, 0.1) is 16.7 Å². The quantitative estimate of drug-likeness (QED) is 0.335. The molecule has 0 unspecified atom stereocenters. The van der Waals surface area contributed by atoms with E-state index in [-0.39, 0.29) is 45.1 Å². The van der Waals surface area contributed by atoms with Crippen molar-refractivity contribution in [1.82, 2.24) is 10.3 Å². The van der Waals surface area contributed by atoms with Crippen LogP contribution in [0.5, 0.6) is 11.5 Å². The number of aromatic amines is 1. The van der Waals surface area contributed by atoms with E-state index in [1.807, 2.05) is 6.07 Å². The summed E-state index contributed by atoms with van der Waals surface area (Å²) in [5, 5.41) is 19.1. The van der Waals surface area contributed by atoms with Gasteiger partial charge < -0.3 is 20.1 Å². The zero-order valence-electron chi connectivity index (χ0n) is 18.3. The molecule has 0 atom stereocenters. The maximum atomic E-state index is 15.0. The van der Waals surface area contributed by atoms with E-state index in [2.05, 4.69) is 15.3 Å². The maximum absolute atomic E-state index is 15.0. The van der Waals surface area contributed by atoms with E-state index < -0.39 is 18.0 Å². The molecule has 3 aromatic rings. The minimum atomic E-state index is -5.08. The summed E-state index contributed by atoms with van der Waals surface area (Å²) in [6.45, 7) is -0.0792. The lowest BCUT2D eigenvalue weighted by Gasteiger charge is -2.13. The molecule has 192 valence electrons. The van der Waals surface area contributed by atoms with Crippen molar-refractivity contribution < 1.29 is 37.0 Å². The molecule has 1 aliphatic heterocycles. The predicted molar refractivity (Wildman–Crippen MR) is 125 cm³/mol. The second kappa shape index (κ2) is 11.3. The number of carbonyl (C=O) groups is 2. The van der Waals surface area contributed by atoms with Crippen molar-refractivity contribution in [3.63, 3.8) is 0 Å². The van der Waals surface area contributed by atoms with Crippen LogP contribution < -0.4 is 10.1 Å². The minimum Gasteiger partial charge on any atom is -0.475 e. The molecule has 14 heteroatoms. The second-order valence-electron chi connectivity index (χ2n) is 7.30. The Morgan fingerprint density at radius 1 is 1.22 bits per heavy atom. The van der Waals surface area contributed by atoms with E-state index in [1.54, 1.807) is 12.3 Å². The Morgan fingerprint density at radius 3 is 2.54 bits per heavy atom. The lowest BCUT2D eigenvalue weighted by atomic mass is 10.2. The maximum Gasteiger partial charge on any atom is 0.490 e. The standard InChI is InChI=1S/C21H13Cl2FN4O2.C2HF3O2/c22-14-5-11(9-25)6-15(8-14)30-19-16(23)2-1-13(18(19)24)10-27-21(29)17-7-12-3-4-26-20(12)28-17;3-2(4,5)1(6)7/h1-2,4-8,28H,3,10H2,(H,27,29);(H,6,7). The highest BCUT2D eigenvalue weighted by molar-refractivity contribution is 6.32. The van der Waals surface area contributed by atoms with Gasteiger partial charge >= 0.3 is 12.1 Å². The normalized spacial score (nSPS) is 11.7. The smallest absolute Gasteiger partial charge is 0.475 e. The second-order valence-corrected chi connectivity index (χ2v) is 8.14. The van der Waals surface area contributed by atoms with Crippen LogP contribution in [0.25, 0.3) is 0 Å². The molecule has 0 fully saturated rings. The fourth-order valence-corrected chi connectivity index (χ4v) is 3.40. The number of carbonyl (C=O) groups excluding carboxylic acids is 1. The lowest BCUT2D eigenvalue weighted by molar-refractivity contribution is -0.192. The summed E-state index contributed by atoms with van der Waals surface area (Å²) in [7, 11) is 0. The van der Waals surface area contributed by atoms with Crippen LogP contribution in [0.4, 0.5) is 23.4 Å². The summed E-state index contributed by atoms with van der Waals surface area (Å²) in [4.78, 5) is 28.3. The Labute approximate surface area is 216 Å². The molecule has 0 radical (unpaired) electrons. The highest BCUT2D eigenvalue weighted by atomic mass is 35.5. The lowest BCUT2D eigenvalue weighted by Crippen LogP contribution is -2.23. The van der Waals surface area contributed by atoms with Gasteiger partial charge in [-0.1, -0.05) is 29.3 Å². The molecule has 4 rings (SSSR count). The number of fused-ring (bicyclic) bond motifs is 1. The van der Waals surface area contributed by atoms with Gasteiger partial charge in [0.2, 0.25) is 0 Å². The molecule has 0 spiro atoms. The fourth-order valence-electron chi connectivity index (χ4n) is 2.99. The van der Waals surface area contributed by atoms with Crippen molar-refractivity contribution in [3.05, 3.63) is 74.6 Å². The summed E-state index contributed by atoms with van der Waals surface area (Å²) >= 11 is 12.1. The molecule has 0 bridgehead atoms. The third-order valence-electron chi connectivity index (χ3n) is 4.68. The number of H-pyrrole nitrogens is 1. The molecule has 0 aliphatic carbocycles. The Morgan fingerprint density at radius 2 is 1.92 bits per heavy atom. The number of carboxylic acid groups (broad SMARTS) is 1. The van der Waals surface area contributed by atoms with E-state index in [0.717, 1.165) is 5.56 Å². The number of hydrogen-bond acceptors (Lipinski definition) is 5. The third-order valence-corrected chi connectivity index (χ3v) is 5.20. The van der Waals surface area contributed by atoms with Gasteiger partial charge in [-0.05, 0) is 30.3 Å². The first kappa shape index (κ1) is 27.5. The van der Waals surface area contributed by atoms with E-state index >= 15 is 4.39 Å². The average Bonchev–Trinajstić information content (AvgIpc) is 3.43. The highest BCUT2D eigenvalue weighted by Crippen LogP contribution is 2.35. The molecular weight excluding hydrogens is 543 g/mol. The van der Waals surface area contributed by atoms with Gasteiger partial charge in [-0.3, -0.25) is 4.79 Å². The van der Waals surface area contributed by atoms with Crippen LogP contribution in [0.15, 0.2) is 41.4 Å². The summed E-state index contributed by atoms with van der Waals surface area (Å²) in [6.07, 6.45) is -2.66. The summed E-state index contributed by atoms with van der Waals surface area (Å²) in [6, 6.07) is 10.9. The molecule has 1 aromatic heterocycles. The zero-order chi connectivity index (χ0) is 27.3. The molecule has 8 nitrogen and oxygen atoms in total. The first-order valence-electron chi connectivity index (χ1n) is 10.1. The van der Waals surface area contributed by atoms with Gasteiger partial charge in [0.1, 0.15) is 17.3 Å². The monoisotopic (exact) mass is 556 g/mol. The SMILES string of the molecule is N#Cc1cc(Cl)cc(Oc2c(Cl)ccc(CNC(=O)c3cc4c([nH]3)N=CC4)c2F)c1.O=C(O)C(F)(F)F. The molecule has 0 saturated heterocycles. The number of aliphatic carboxylic acids is 1. The number of nitrogens with one attached hydrogen (secondary N) is 2. The van der Waals surface area contributed by atoms with Crippen LogP contribution in [-0.4, -0.2) is 34.4 Å². The van der Waals surface area contributed by atoms with Crippen molar-refractivity contribution >= 4 is 47.1 Å². The molecule has 37 heavy (non-hydrogen) atoms. The average molecular weight is 557 g/mol. The largest absolute Gasteiger partial charge is 0.490 e. The van der Waals surface area contributed by atoms with Crippen LogP contribution in [0, 0.1) is 17.1 Å². The topological polar surface area (TPSA) is 128 Å². The Balaban J connectivity index is 0.000000479. The molecule has 2 heterocycles. The molecule has 3 N–H and O–H groups in total. The van der Waals surface area contributed by atoms with Gasteiger partial charge in [0.15, 0.2) is 11.6 Å². The molecule has 1 amide bonds. The van der Waals surface area contributed by atoms with E-state index in [9.17, 15) is 18.0 Å². The van der Waals surface area contributed by atoms with Gasteiger partial charge in [-0.15, -0.1) is 0 Å². The van der Waals surface area contributed by atoms with E-state index in [4.69, 9.17) is 43.1 Å². The Kier molecular flexibility index (Phi) is 8.42. The number of aliphatic imine (C=N–C) groups is 1. The van der Waals surface area contributed by atoms with Crippen molar-refractivity contribution in [2.24, 2.45) is 4.99 Å². The van der Waals surface area contributed by atoms with Gasteiger partial charge in [0, 0.05) is 35.3 Å². The van der Waals surface area contributed by atoms with Crippen LogP contribution in [0.3, 0.4) is 0 Å². The number of hydrogen-bond donors (Lipinski definition) is 3. The predicted octanol–water partition coefficient (Wildman–Crippen LogP) is 5.95. The Hall–Kier alpha value is -4.08. The van der Waals surface area contributed by atoms with Gasteiger partial charge in [0.25, 0.3) is 5.91 Å². The summed E-state index contributed by atoms with van der Waals surface area (Å²) in [5.74, 6) is -3.26. The number of amides is 1. The molecular formula is C23H14Cl2F4N4O4. The Bertz CT molecular complexity index is 1430. The molecule has 2 aromatic carbocycles. The van der Waals surface area contributed by atoms with Gasteiger partial charge in [-0.2, -0.15) is 18.4 Å². The number of alkyl halides is 3. The molecule has 1 aliphatic rings. The highest BCUT2D eigenvalue weighted by Gasteiger charge is 2.38. The van der Waals surface area contributed by atoms with E-state index in [1.165, 1.54) is 30.3 Å². The van der Waals surface area contributed by atoms with Crippen LogP contribution >= 0.6 is 23.2 Å². The van der Waals surface area contributed by atoms with Gasteiger partial charge in [-0.25, -0.2) is 14.2 Å². The number of ether oxygens (including phenoxy) is 1. The number of nitriles is 1. The van der Waals surface area contributed by atoms with Crippen LogP contribution in [0.1, 0.15) is 27.2 Å². The number of halogens is 6. The minimum absolute atomic E-state index is 0.0414. The number of rotatable bonds is 5. The van der Waals surface area contributed by atoms with Crippen molar-refractivity contribution in [3.8, 4) is 17.6 Å². The zero-order valence-corrected chi connectivity index (χ0v) is 19.8. The third kappa shape index (κ3) is 6.99. The van der Waals surface area contributed by atoms with E-state index in [0.29, 0.717) is 17.9 Å². The molecule has 0 saturated carbocycles. The number of carboxylic acids is 1. The number of nitrogens with zero attached hydrogens (tertiary/aromatic N) is 2. The van der Waals surface area contributed by atoms with Crippen LogP contribution in [-0.2, 0) is 17.8 Å². The van der Waals surface area contributed by atoms with Crippen LogP contribution in [0.2, 0.25) is 10.0 Å².